The van der Waals surface area contributed by atoms with E-state index in [1.807, 2.05) is 72.1 Å². The zero-order valence-corrected chi connectivity index (χ0v) is 15.5. The van der Waals surface area contributed by atoms with E-state index in [0.29, 0.717) is 11.3 Å². The zero-order chi connectivity index (χ0) is 19.3. The van der Waals surface area contributed by atoms with E-state index in [1.54, 1.807) is 0 Å². The molecule has 3 aromatic heterocycles. The van der Waals surface area contributed by atoms with Crippen molar-refractivity contribution in [3.8, 4) is 11.3 Å². The Kier molecular flexibility index (Phi) is 3.62. The second kappa shape index (κ2) is 6.16. The molecule has 5 aromatic rings. The van der Waals surface area contributed by atoms with Crippen LogP contribution >= 0.6 is 0 Å². The Morgan fingerprint density at radius 1 is 0.964 bits per heavy atom. The van der Waals surface area contributed by atoms with Crippen LogP contribution in [0.2, 0.25) is 0 Å². The molecule has 0 spiro atoms. The van der Waals surface area contributed by atoms with E-state index in [2.05, 4.69) is 11.2 Å². The Balaban J connectivity index is 2.01. The van der Waals surface area contributed by atoms with Gasteiger partial charge in [0.25, 0.3) is 0 Å². The second-order valence-corrected chi connectivity index (χ2v) is 6.72. The van der Waals surface area contributed by atoms with Crippen LogP contribution in [0.4, 0.5) is 0 Å². The minimum absolute atomic E-state index is 0.396. The van der Waals surface area contributed by atoms with Gasteiger partial charge in [-0.25, -0.2) is 14.3 Å². The number of hydrogen-bond acceptors (Lipinski definition) is 4. The molecule has 0 bridgehead atoms. The third-order valence-corrected chi connectivity index (χ3v) is 5.03. The lowest BCUT2D eigenvalue weighted by molar-refractivity contribution is 0.0602. The Hall–Kier alpha value is -3.73. The molecule has 3 heterocycles. The molecule has 0 aliphatic carbocycles. The van der Waals surface area contributed by atoms with Crippen molar-refractivity contribution in [1.82, 2.24) is 14.6 Å². The van der Waals surface area contributed by atoms with Gasteiger partial charge < -0.3 is 4.74 Å². The number of ether oxygens (including phenoxy) is 1. The van der Waals surface area contributed by atoms with Crippen LogP contribution in [-0.2, 0) is 4.74 Å². The van der Waals surface area contributed by atoms with Crippen molar-refractivity contribution < 1.29 is 9.53 Å². The average molecular weight is 367 g/mol. The number of fused-ring (bicyclic) bond motifs is 4. The number of rotatable bonds is 2. The molecule has 5 heteroatoms. The van der Waals surface area contributed by atoms with E-state index >= 15 is 0 Å². The molecule has 0 saturated carbocycles. The smallest absolute Gasteiger partial charge is 0.342 e. The van der Waals surface area contributed by atoms with Crippen molar-refractivity contribution in [3.63, 3.8) is 0 Å². The van der Waals surface area contributed by atoms with Crippen LogP contribution in [0.15, 0.2) is 66.7 Å². The summed E-state index contributed by atoms with van der Waals surface area (Å²) < 4.78 is 6.88. The summed E-state index contributed by atoms with van der Waals surface area (Å²) in [6.07, 6.45) is 0. The van der Waals surface area contributed by atoms with Gasteiger partial charge in [-0.05, 0) is 25.1 Å². The van der Waals surface area contributed by atoms with E-state index in [0.717, 1.165) is 38.6 Å². The maximum atomic E-state index is 12.6. The van der Waals surface area contributed by atoms with E-state index in [1.165, 1.54) is 7.11 Å². The quantitative estimate of drug-likeness (QED) is 0.332. The number of pyridine rings is 2. The monoisotopic (exact) mass is 367 g/mol. The summed E-state index contributed by atoms with van der Waals surface area (Å²) in [4.78, 5) is 17.4. The minimum atomic E-state index is -0.396. The van der Waals surface area contributed by atoms with Crippen LogP contribution in [0.5, 0.6) is 0 Å². The number of esters is 1. The molecule has 5 rings (SSSR count). The van der Waals surface area contributed by atoms with Crippen molar-refractivity contribution >= 4 is 33.3 Å². The molecule has 0 unspecified atom stereocenters. The fourth-order valence-electron chi connectivity index (χ4n) is 3.73. The van der Waals surface area contributed by atoms with E-state index in [9.17, 15) is 4.79 Å². The number of benzene rings is 2. The van der Waals surface area contributed by atoms with E-state index in [-0.39, 0.29) is 0 Å². The molecule has 0 amide bonds. The number of aromatic nitrogens is 3. The third kappa shape index (κ3) is 2.36. The fraction of sp³-hybridized carbons (Fsp3) is 0.0870. The zero-order valence-electron chi connectivity index (χ0n) is 15.5. The summed E-state index contributed by atoms with van der Waals surface area (Å²) >= 11 is 0. The molecule has 0 saturated heterocycles. The third-order valence-electron chi connectivity index (χ3n) is 5.03. The van der Waals surface area contributed by atoms with Crippen LogP contribution in [0.25, 0.3) is 38.6 Å². The number of methoxy groups -OCH3 is 1. The molecular formula is C23H17N3O2. The molecule has 0 aliphatic heterocycles. The molecule has 136 valence electrons. The molecule has 0 aliphatic rings. The van der Waals surface area contributed by atoms with Gasteiger partial charge in [0.05, 0.1) is 35.0 Å². The van der Waals surface area contributed by atoms with Gasteiger partial charge in [-0.2, -0.15) is 5.10 Å². The Bertz CT molecular complexity index is 1370. The first kappa shape index (κ1) is 16.4. The van der Waals surface area contributed by atoms with Crippen LogP contribution in [-0.4, -0.2) is 27.7 Å². The van der Waals surface area contributed by atoms with Crippen LogP contribution in [0, 0.1) is 6.92 Å². The van der Waals surface area contributed by atoms with Gasteiger partial charge in [0, 0.05) is 16.3 Å². The van der Waals surface area contributed by atoms with Crippen LogP contribution < -0.4 is 0 Å². The number of hydrogen-bond donors (Lipinski definition) is 0. The highest BCUT2D eigenvalue weighted by Crippen LogP contribution is 2.32. The summed E-state index contributed by atoms with van der Waals surface area (Å²) in [5, 5.41) is 6.56. The summed E-state index contributed by atoms with van der Waals surface area (Å²) in [5.74, 6) is -0.396. The van der Waals surface area contributed by atoms with Gasteiger partial charge in [0.15, 0.2) is 0 Å². The van der Waals surface area contributed by atoms with Crippen molar-refractivity contribution in [1.29, 1.82) is 0 Å². The van der Waals surface area contributed by atoms with Gasteiger partial charge in [0.2, 0.25) is 0 Å². The Morgan fingerprint density at radius 2 is 1.71 bits per heavy atom. The van der Waals surface area contributed by atoms with Crippen molar-refractivity contribution in [2.24, 2.45) is 0 Å². The molecule has 0 atom stereocenters. The van der Waals surface area contributed by atoms with Gasteiger partial charge in [-0.1, -0.05) is 48.5 Å². The van der Waals surface area contributed by atoms with Crippen molar-refractivity contribution in [3.05, 3.63) is 78.0 Å². The Morgan fingerprint density at radius 3 is 2.50 bits per heavy atom. The van der Waals surface area contributed by atoms with Crippen molar-refractivity contribution in [2.45, 2.75) is 6.92 Å². The second-order valence-electron chi connectivity index (χ2n) is 6.72. The molecule has 2 aromatic carbocycles. The minimum Gasteiger partial charge on any atom is -0.465 e. The maximum absolute atomic E-state index is 12.6. The van der Waals surface area contributed by atoms with Gasteiger partial charge in [-0.3, -0.25) is 0 Å². The predicted octanol–water partition coefficient (Wildman–Crippen LogP) is 4.80. The Labute approximate surface area is 161 Å². The molecule has 0 radical (unpaired) electrons. The fourth-order valence-corrected chi connectivity index (χ4v) is 3.73. The number of aryl methyl sites for hydroxylation is 1. The number of carbonyl (C=O) groups is 1. The number of nitrogens with zero attached hydrogens (tertiary/aromatic N) is 3. The lowest BCUT2D eigenvalue weighted by Crippen LogP contribution is -2.03. The average Bonchev–Trinajstić information content (AvgIpc) is 3.09. The molecule has 0 fully saturated rings. The standard InChI is InChI=1S/C23H17N3O2/c1-14-21(23(27)28-2)22-17-12-16-10-6-7-11-18(16)24-19(17)13-20(26(22)25-14)15-8-4-3-5-9-15/h3-13H,1-2H3. The molecule has 0 N–H and O–H groups in total. The van der Waals surface area contributed by atoms with Gasteiger partial charge in [-0.15, -0.1) is 0 Å². The first-order valence-electron chi connectivity index (χ1n) is 9.03. The number of carbonyl (C=O) groups excluding carboxylic acids is 1. The predicted molar refractivity (Wildman–Crippen MR) is 110 cm³/mol. The topological polar surface area (TPSA) is 56.5 Å². The first-order valence-corrected chi connectivity index (χ1v) is 9.03. The lowest BCUT2D eigenvalue weighted by Gasteiger charge is -2.10. The summed E-state index contributed by atoms with van der Waals surface area (Å²) in [7, 11) is 1.39. The molecule has 5 nitrogen and oxygen atoms in total. The summed E-state index contributed by atoms with van der Waals surface area (Å²) in [6.45, 7) is 1.83. The highest BCUT2D eigenvalue weighted by molar-refractivity contribution is 6.11. The highest BCUT2D eigenvalue weighted by Gasteiger charge is 2.23. The largest absolute Gasteiger partial charge is 0.465 e. The number of para-hydroxylation sites is 1. The molecule has 28 heavy (non-hydrogen) atoms. The van der Waals surface area contributed by atoms with Crippen molar-refractivity contribution in [2.75, 3.05) is 7.11 Å². The summed E-state index contributed by atoms with van der Waals surface area (Å²) in [5.41, 5.74) is 5.43. The first-order chi connectivity index (χ1) is 13.7. The maximum Gasteiger partial charge on any atom is 0.342 e. The van der Waals surface area contributed by atoms with E-state index < -0.39 is 5.97 Å². The highest BCUT2D eigenvalue weighted by atomic mass is 16.5. The SMILES string of the molecule is COC(=O)c1c(C)nn2c(-c3ccccc3)cc3nc4ccccc4cc3c12. The molecular weight excluding hydrogens is 350 g/mol. The van der Waals surface area contributed by atoms with Crippen LogP contribution in [0.3, 0.4) is 0 Å². The lowest BCUT2D eigenvalue weighted by atomic mass is 10.0. The van der Waals surface area contributed by atoms with E-state index in [4.69, 9.17) is 9.72 Å². The normalized spacial score (nSPS) is 11.4. The summed E-state index contributed by atoms with van der Waals surface area (Å²) in [6, 6.07) is 22.0. The van der Waals surface area contributed by atoms with Gasteiger partial charge in [0.1, 0.15) is 5.56 Å². The van der Waals surface area contributed by atoms with Gasteiger partial charge >= 0.3 is 5.97 Å². The van der Waals surface area contributed by atoms with Crippen LogP contribution in [0.1, 0.15) is 16.1 Å².